The van der Waals surface area contributed by atoms with E-state index in [0.29, 0.717) is 6.04 Å². The quantitative estimate of drug-likeness (QED) is 0.803. The van der Waals surface area contributed by atoms with Gasteiger partial charge < -0.3 is 5.32 Å². The van der Waals surface area contributed by atoms with Crippen LogP contribution in [0.2, 0.25) is 0 Å². The summed E-state index contributed by atoms with van der Waals surface area (Å²) in [5.74, 6) is 0. The monoisotopic (exact) mass is 207 g/mol. The first-order chi connectivity index (χ1) is 6.88. The van der Waals surface area contributed by atoms with Crippen molar-refractivity contribution < 1.29 is 0 Å². The van der Waals surface area contributed by atoms with Crippen LogP contribution in [0.1, 0.15) is 29.5 Å². The molecule has 1 aliphatic heterocycles. The summed E-state index contributed by atoms with van der Waals surface area (Å²) in [4.78, 5) is 2.86. The number of nitrogens with one attached hydrogen (secondary N) is 1. The summed E-state index contributed by atoms with van der Waals surface area (Å²) in [6.07, 6.45) is 8.33. The molecular weight excluding hydrogens is 190 g/mol. The van der Waals surface area contributed by atoms with Crippen LogP contribution in [0.15, 0.2) is 18.2 Å². The molecular formula is C12H17NS. The first-order valence-electron chi connectivity index (χ1n) is 5.39. The number of rotatable bonds is 3. The summed E-state index contributed by atoms with van der Waals surface area (Å²) in [6, 6.07) is 5.06. The van der Waals surface area contributed by atoms with Crippen molar-refractivity contribution in [2.75, 3.05) is 6.54 Å². The standard InChI is InChI=1S/C12H17NS/c1-2-11-7-8-12(14-11)6-5-10-4-3-9-13-10/h5-8,10,13H,2-4,9H2,1H3/b6-5+. The van der Waals surface area contributed by atoms with E-state index in [1.54, 1.807) is 0 Å². The fraction of sp³-hybridized carbons (Fsp3) is 0.500. The molecule has 1 saturated heterocycles. The van der Waals surface area contributed by atoms with E-state index in [2.05, 4.69) is 36.5 Å². The Morgan fingerprint density at radius 2 is 2.50 bits per heavy atom. The van der Waals surface area contributed by atoms with Gasteiger partial charge in [0.1, 0.15) is 0 Å². The molecule has 1 nitrogen and oxygen atoms in total. The van der Waals surface area contributed by atoms with Crippen LogP contribution in [0.5, 0.6) is 0 Å². The zero-order chi connectivity index (χ0) is 9.80. The van der Waals surface area contributed by atoms with Crippen LogP contribution >= 0.6 is 11.3 Å². The summed E-state index contributed by atoms with van der Waals surface area (Å²) < 4.78 is 0. The van der Waals surface area contributed by atoms with Crippen LogP contribution in [0, 0.1) is 0 Å². The van der Waals surface area contributed by atoms with E-state index in [1.807, 2.05) is 11.3 Å². The SMILES string of the molecule is CCc1ccc(/C=C/C2CCCN2)s1. The van der Waals surface area contributed by atoms with E-state index in [0.717, 1.165) is 6.42 Å². The summed E-state index contributed by atoms with van der Waals surface area (Å²) in [5.41, 5.74) is 0. The number of aryl methyl sites for hydroxylation is 1. The van der Waals surface area contributed by atoms with Gasteiger partial charge in [-0.2, -0.15) is 0 Å². The molecule has 0 aromatic carbocycles. The largest absolute Gasteiger partial charge is 0.311 e. The smallest absolute Gasteiger partial charge is 0.0270 e. The lowest BCUT2D eigenvalue weighted by Gasteiger charge is -2.00. The van der Waals surface area contributed by atoms with Gasteiger partial charge in [-0.3, -0.25) is 0 Å². The molecule has 0 aliphatic carbocycles. The summed E-state index contributed by atoms with van der Waals surface area (Å²) >= 11 is 1.90. The van der Waals surface area contributed by atoms with E-state index >= 15 is 0 Å². The van der Waals surface area contributed by atoms with Crippen LogP contribution in [-0.4, -0.2) is 12.6 Å². The average Bonchev–Trinajstić information content (AvgIpc) is 2.86. The molecule has 14 heavy (non-hydrogen) atoms. The third kappa shape index (κ3) is 2.46. The zero-order valence-electron chi connectivity index (χ0n) is 8.62. The Hall–Kier alpha value is -0.600. The Bertz CT molecular complexity index is 308. The number of thiophene rings is 1. The third-order valence-electron chi connectivity index (χ3n) is 2.62. The van der Waals surface area contributed by atoms with Crippen molar-refractivity contribution in [3.05, 3.63) is 28.0 Å². The van der Waals surface area contributed by atoms with Gasteiger partial charge in [-0.25, -0.2) is 0 Å². The Kier molecular flexibility index (Phi) is 3.38. The van der Waals surface area contributed by atoms with Crippen LogP contribution in [0.25, 0.3) is 6.08 Å². The molecule has 1 fully saturated rings. The molecule has 0 spiro atoms. The molecule has 2 heterocycles. The van der Waals surface area contributed by atoms with E-state index in [4.69, 9.17) is 0 Å². The van der Waals surface area contributed by atoms with Crippen molar-refractivity contribution >= 4 is 17.4 Å². The van der Waals surface area contributed by atoms with Crippen molar-refractivity contribution in [3.63, 3.8) is 0 Å². The average molecular weight is 207 g/mol. The Morgan fingerprint density at radius 3 is 3.14 bits per heavy atom. The lowest BCUT2D eigenvalue weighted by atomic mass is 10.2. The predicted octanol–water partition coefficient (Wildman–Crippen LogP) is 3.08. The molecule has 1 aromatic rings. The second-order valence-electron chi connectivity index (χ2n) is 3.72. The first kappa shape index (κ1) is 9.94. The molecule has 76 valence electrons. The van der Waals surface area contributed by atoms with Gasteiger partial charge in [-0.15, -0.1) is 11.3 Å². The Balaban J connectivity index is 1.95. The predicted molar refractivity (Wildman–Crippen MR) is 63.8 cm³/mol. The van der Waals surface area contributed by atoms with Crippen LogP contribution in [0.4, 0.5) is 0 Å². The first-order valence-corrected chi connectivity index (χ1v) is 6.20. The second kappa shape index (κ2) is 4.76. The van der Waals surface area contributed by atoms with Gasteiger partial charge in [0.15, 0.2) is 0 Å². The van der Waals surface area contributed by atoms with Gasteiger partial charge in [0.2, 0.25) is 0 Å². The molecule has 0 radical (unpaired) electrons. The Morgan fingerprint density at radius 1 is 1.57 bits per heavy atom. The van der Waals surface area contributed by atoms with Gasteiger partial charge in [-0.05, 0) is 44.0 Å². The highest BCUT2D eigenvalue weighted by atomic mass is 32.1. The molecule has 1 aromatic heterocycles. The molecule has 0 amide bonds. The fourth-order valence-electron chi connectivity index (χ4n) is 1.76. The molecule has 2 heteroatoms. The van der Waals surface area contributed by atoms with Crippen LogP contribution < -0.4 is 5.32 Å². The van der Waals surface area contributed by atoms with Gasteiger partial charge in [0.25, 0.3) is 0 Å². The lowest BCUT2D eigenvalue weighted by Crippen LogP contribution is -2.17. The van der Waals surface area contributed by atoms with Crippen molar-refractivity contribution in [2.24, 2.45) is 0 Å². The highest BCUT2D eigenvalue weighted by Gasteiger charge is 2.09. The van der Waals surface area contributed by atoms with E-state index < -0.39 is 0 Å². The van der Waals surface area contributed by atoms with Crippen molar-refractivity contribution in [2.45, 2.75) is 32.2 Å². The molecule has 1 unspecified atom stereocenters. The highest BCUT2D eigenvalue weighted by Crippen LogP contribution is 2.19. The maximum Gasteiger partial charge on any atom is 0.0270 e. The minimum absolute atomic E-state index is 0.613. The summed E-state index contributed by atoms with van der Waals surface area (Å²) in [5, 5.41) is 3.47. The maximum absolute atomic E-state index is 3.47. The van der Waals surface area contributed by atoms with E-state index in [1.165, 1.54) is 29.1 Å². The van der Waals surface area contributed by atoms with Gasteiger partial charge >= 0.3 is 0 Å². The molecule has 1 atom stereocenters. The lowest BCUT2D eigenvalue weighted by molar-refractivity contribution is 0.730. The minimum Gasteiger partial charge on any atom is -0.311 e. The topological polar surface area (TPSA) is 12.0 Å². The molecule has 0 saturated carbocycles. The van der Waals surface area contributed by atoms with Crippen LogP contribution in [-0.2, 0) is 6.42 Å². The normalized spacial score (nSPS) is 22.2. The molecule has 2 rings (SSSR count). The molecule has 1 N–H and O–H groups in total. The van der Waals surface area contributed by atoms with Gasteiger partial charge in [0, 0.05) is 15.8 Å². The van der Waals surface area contributed by atoms with Gasteiger partial charge in [0.05, 0.1) is 0 Å². The zero-order valence-corrected chi connectivity index (χ0v) is 9.44. The van der Waals surface area contributed by atoms with E-state index in [9.17, 15) is 0 Å². The number of hydrogen-bond acceptors (Lipinski definition) is 2. The molecule has 0 bridgehead atoms. The number of hydrogen-bond donors (Lipinski definition) is 1. The summed E-state index contributed by atoms with van der Waals surface area (Å²) in [6.45, 7) is 3.39. The fourth-order valence-corrected chi connectivity index (χ4v) is 2.63. The van der Waals surface area contributed by atoms with E-state index in [-0.39, 0.29) is 0 Å². The highest BCUT2D eigenvalue weighted by molar-refractivity contribution is 7.12. The van der Waals surface area contributed by atoms with Gasteiger partial charge in [-0.1, -0.05) is 13.0 Å². The third-order valence-corrected chi connectivity index (χ3v) is 3.82. The summed E-state index contributed by atoms with van der Waals surface area (Å²) in [7, 11) is 0. The van der Waals surface area contributed by atoms with Crippen molar-refractivity contribution in [1.29, 1.82) is 0 Å². The van der Waals surface area contributed by atoms with Crippen molar-refractivity contribution in [3.8, 4) is 0 Å². The maximum atomic E-state index is 3.47. The minimum atomic E-state index is 0.613. The van der Waals surface area contributed by atoms with Crippen LogP contribution in [0.3, 0.4) is 0 Å². The Labute approximate surface area is 89.8 Å². The molecule has 1 aliphatic rings. The van der Waals surface area contributed by atoms with Crippen molar-refractivity contribution in [1.82, 2.24) is 5.32 Å². The second-order valence-corrected chi connectivity index (χ2v) is 4.92.